The number of anilines is 1. The second kappa shape index (κ2) is 9.55. The molecular formula is C19H27N5O2S. The molecule has 8 heteroatoms. The fraction of sp³-hybridized carbons (Fsp3) is 0.474. The van der Waals surface area contributed by atoms with Crippen LogP contribution in [0.4, 0.5) is 5.69 Å². The van der Waals surface area contributed by atoms with Crippen molar-refractivity contribution in [1.29, 1.82) is 0 Å². The van der Waals surface area contributed by atoms with E-state index in [1.165, 1.54) is 11.8 Å². The van der Waals surface area contributed by atoms with Crippen LogP contribution in [0.2, 0.25) is 0 Å². The topological polar surface area (TPSA) is 80.1 Å². The van der Waals surface area contributed by atoms with Crippen molar-refractivity contribution in [3.63, 3.8) is 0 Å². The van der Waals surface area contributed by atoms with Crippen molar-refractivity contribution >= 4 is 29.3 Å². The molecule has 0 bridgehead atoms. The van der Waals surface area contributed by atoms with Crippen molar-refractivity contribution in [3.8, 4) is 0 Å². The molecule has 0 saturated carbocycles. The van der Waals surface area contributed by atoms with Gasteiger partial charge in [0.2, 0.25) is 11.8 Å². The molecule has 1 aromatic carbocycles. The van der Waals surface area contributed by atoms with Gasteiger partial charge in [-0.05, 0) is 44.4 Å². The maximum atomic E-state index is 12.7. The highest BCUT2D eigenvalue weighted by Crippen LogP contribution is 2.19. The van der Waals surface area contributed by atoms with Crippen LogP contribution < -0.4 is 5.32 Å². The molecule has 27 heavy (non-hydrogen) atoms. The minimum Gasteiger partial charge on any atom is -0.330 e. The highest BCUT2D eigenvalue weighted by Gasteiger charge is 2.22. The number of amides is 2. The van der Waals surface area contributed by atoms with E-state index in [0.717, 1.165) is 23.2 Å². The maximum absolute atomic E-state index is 12.7. The van der Waals surface area contributed by atoms with Crippen LogP contribution in [-0.2, 0) is 16.6 Å². The lowest BCUT2D eigenvalue weighted by molar-refractivity contribution is -0.134. The van der Waals surface area contributed by atoms with Gasteiger partial charge in [0.15, 0.2) is 5.16 Å². The molecule has 0 radical (unpaired) electrons. The second-order valence-electron chi connectivity index (χ2n) is 6.59. The third kappa shape index (κ3) is 5.56. The number of carbonyl (C=O) groups excluding carboxylic acids is 2. The zero-order chi connectivity index (χ0) is 20.0. The molecule has 0 saturated heterocycles. The summed E-state index contributed by atoms with van der Waals surface area (Å²) in [6.45, 7) is 7.96. The first-order valence-corrected chi connectivity index (χ1v) is 9.94. The molecule has 7 nitrogen and oxygen atoms in total. The van der Waals surface area contributed by atoms with Crippen LogP contribution in [0.15, 0.2) is 29.7 Å². The van der Waals surface area contributed by atoms with E-state index in [-0.39, 0.29) is 30.2 Å². The Kier molecular flexibility index (Phi) is 7.41. The molecule has 146 valence electrons. The second-order valence-corrected chi connectivity index (χ2v) is 7.53. The van der Waals surface area contributed by atoms with E-state index in [1.807, 2.05) is 52.9 Å². The number of aryl methyl sites for hydroxylation is 2. The molecule has 0 fully saturated rings. The van der Waals surface area contributed by atoms with E-state index in [4.69, 9.17) is 0 Å². The van der Waals surface area contributed by atoms with Gasteiger partial charge < -0.3 is 14.8 Å². The van der Waals surface area contributed by atoms with Gasteiger partial charge in [-0.1, -0.05) is 30.8 Å². The predicted octanol–water partition coefficient (Wildman–Crippen LogP) is 2.79. The van der Waals surface area contributed by atoms with Crippen LogP contribution in [0.3, 0.4) is 0 Å². The summed E-state index contributed by atoms with van der Waals surface area (Å²) < 4.78 is 1.76. The van der Waals surface area contributed by atoms with Crippen molar-refractivity contribution < 1.29 is 9.59 Å². The first-order valence-electron chi connectivity index (χ1n) is 8.95. The Morgan fingerprint density at radius 1 is 1.33 bits per heavy atom. The molecule has 0 unspecified atom stereocenters. The molecule has 2 aromatic rings. The normalized spacial score (nSPS) is 11.9. The lowest BCUT2D eigenvalue weighted by Crippen LogP contribution is -2.44. The standard InChI is InChI=1S/C19H27N5O2S/c1-6-14(3)24(18(26)11-27-19-22-20-12-23(19)5)10-17(25)21-16-9-7-8-13(2)15(16)4/h7-9,12,14H,6,10-11H2,1-5H3,(H,21,25)/t14-/m1/s1. The summed E-state index contributed by atoms with van der Waals surface area (Å²) >= 11 is 1.32. The van der Waals surface area contributed by atoms with Crippen molar-refractivity contribution in [3.05, 3.63) is 35.7 Å². The van der Waals surface area contributed by atoms with E-state index in [1.54, 1.807) is 15.8 Å². The molecule has 1 aromatic heterocycles. The van der Waals surface area contributed by atoms with Crippen LogP contribution >= 0.6 is 11.8 Å². The van der Waals surface area contributed by atoms with Crippen LogP contribution in [0.1, 0.15) is 31.4 Å². The number of hydrogen-bond donors (Lipinski definition) is 1. The van der Waals surface area contributed by atoms with Crippen molar-refractivity contribution in [2.45, 2.75) is 45.3 Å². The predicted molar refractivity (Wildman–Crippen MR) is 108 cm³/mol. The summed E-state index contributed by atoms with van der Waals surface area (Å²) in [6, 6.07) is 5.76. The number of benzene rings is 1. The largest absolute Gasteiger partial charge is 0.330 e. The number of rotatable bonds is 8. The summed E-state index contributed by atoms with van der Waals surface area (Å²) in [5, 5.41) is 11.4. The van der Waals surface area contributed by atoms with Gasteiger partial charge in [0.05, 0.1) is 5.75 Å². The Bertz CT molecular complexity index is 805. The fourth-order valence-electron chi connectivity index (χ4n) is 2.55. The number of thioether (sulfide) groups is 1. The van der Waals surface area contributed by atoms with Gasteiger partial charge in [0.1, 0.15) is 12.9 Å². The molecule has 0 spiro atoms. The Balaban J connectivity index is 2.02. The smallest absolute Gasteiger partial charge is 0.244 e. The third-order valence-electron chi connectivity index (χ3n) is 4.63. The number of nitrogens with one attached hydrogen (secondary N) is 1. The fourth-order valence-corrected chi connectivity index (χ4v) is 3.33. The molecule has 2 amide bonds. The van der Waals surface area contributed by atoms with Gasteiger partial charge in [-0.2, -0.15) is 0 Å². The van der Waals surface area contributed by atoms with Crippen molar-refractivity contribution in [1.82, 2.24) is 19.7 Å². The highest BCUT2D eigenvalue weighted by molar-refractivity contribution is 7.99. The monoisotopic (exact) mass is 389 g/mol. The minimum absolute atomic E-state index is 0.0260. The van der Waals surface area contributed by atoms with Gasteiger partial charge in [-0.25, -0.2) is 0 Å². The molecule has 1 atom stereocenters. The minimum atomic E-state index is -0.194. The lowest BCUT2D eigenvalue weighted by atomic mass is 10.1. The molecule has 1 N–H and O–H groups in total. The van der Waals surface area contributed by atoms with Crippen molar-refractivity contribution in [2.75, 3.05) is 17.6 Å². The first-order chi connectivity index (χ1) is 12.8. The van der Waals surface area contributed by atoms with Crippen LogP contribution in [0.25, 0.3) is 0 Å². The molecule has 1 heterocycles. The van der Waals surface area contributed by atoms with Gasteiger partial charge in [-0.15, -0.1) is 10.2 Å². The Labute approximate surface area is 164 Å². The first kappa shape index (κ1) is 21.0. The number of hydrogen-bond acceptors (Lipinski definition) is 5. The Morgan fingerprint density at radius 3 is 2.70 bits per heavy atom. The van der Waals surface area contributed by atoms with Crippen LogP contribution in [0, 0.1) is 13.8 Å². The average Bonchev–Trinajstić information content (AvgIpc) is 3.05. The molecule has 0 aliphatic rings. The van der Waals surface area contributed by atoms with Gasteiger partial charge >= 0.3 is 0 Å². The summed E-state index contributed by atoms with van der Waals surface area (Å²) in [5.74, 6) is -0.0670. The molecular weight excluding hydrogens is 362 g/mol. The average molecular weight is 390 g/mol. The van der Waals surface area contributed by atoms with E-state index >= 15 is 0 Å². The number of nitrogens with zero attached hydrogens (tertiary/aromatic N) is 4. The summed E-state index contributed by atoms with van der Waals surface area (Å²) in [6.07, 6.45) is 2.37. The van der Waals surface area contributed by atoms with E-state index in [9.17, 15) is 9.59 Å². The van der Waals surface area contributed by atoms with E-state index in [0.29, 0.717) is 5.16 Å². The Hall–Kier alpha value is -2.35. The van der Waals surface area contributed by atoms with Crippen LogP contribution in [-0.4, -0.2) is 49.8 Å². The van der Waals surface area contributed by atoms with Crippen molar-refractivity contribution in [2.24, 2.45) is 7.05 Å². The lowest BCUT2D eigenvalue weighted by Gasteiger charge is -2.28. The number of carbonyl (C=O) groups is 2. The summed E-state index contributed by atoms with van der Waals surface area (Å²) in [4.78, 5) is 26.9. The van der Waals surface area contributed by atoms with Gasteiger partial charge in [0, 0.05) is 18.8 Å². The van der Waals surface area contributed by atoms with E-state index < -0.39 is 0 Å². The van der Waals surface area contributed by atoms with Gasteiger partial charge in [0.25, 0.3) is 0 Å². The zero-order valence-corrected chi connectivity index (χ0v) is 17.3. The highest BCUT2D eigenvalue weighted by atomic mass is 32.2. The summed E-state index contributed by atoms with van der Waals surface area (Å²) in [7, 11) is 1.83. The maximum Gasteiger partial charge on any atom is 0.244 e. The van der Waals surface area contributed by atoms with Gasteiger partial charge in [-0.3, -0.25) is 9.59 Å². The van der Waals surface area contributed by atoms with E-state index in [2.05, 4.69) is 15.5 Å². The Morgan fingerprint density at radius 2 is 2.07 bits per heavy atom. The quantitative estimate of drug-likeness (QED) is 0.702. The zero-order valence-electron chi connectivity index (χ0n) is 16.5. The molecule has 0 aliphatic carbocycles. The SMILES string of the molecule is CC[C@@H](C)N(CC(=O)Nc1cccc(C)c1C)C(=O)CSc1nncn1C. The van der Waals surface area contributed by atoms with Crippen LogP contribution in [0.5, 0.6) is 0 Å². The third-order valence-corrected chi connectivity index (χ3v) is 5.65. The summed E-state index contributed by atoms with van der Waals surface area (Å²) in [5.41, 5.74) is 2.93. The number of aromatic nitrogens is 3. The molecule has 0 aliphatic heterocycles. The molecule has 2 rings (SSSR count).